The summed E-state index contributed by atoms with van der Waals surface area (Å²) in [5.41, 5.74) is 0.765. The van der Waals surface area contributed by atoms with Gasteiger partial charge in [0.15, 0.2) is 0 Å². The zero-order valence-corrected chi connectivity index (χ0v) is 30.6. The third-order valence-electron chi connectivity index (χ3n) is 8.71. The Morgan fingerprint density at radius 1 is 1.02 bits per heavy atom. The zero-order chi connectivity index (χ0) is 37.3. The van der Waals surface area contributed by atoms with Gasteiger partial charge in [0.25, 0.3) is 5.91 Å². The van der Waals surface area contributed by atoms with Crippen LogP contribution in [-0.4, -0.2) is 78.4 Å². The Hall–Kier alpha value is -3.55. The van der Waals surface area contributed by atoms with Gasteiger partial charge in [0, 0.05) is 43.5 Å². The van der Waals surface area contributed by atoms with E-state index in [2.05, 4.69) is 15.5 Å². The van der Waals surface area contributed by atoms with Gasteiger partial charge in [-0.3, -0.25) is 9.69 Å². The van der Waals surface area contributed by atoms with Gasteiger partial charge in [-0.2, -0.15) is 13.2 Å². The molecule has 0 bridgehead atoms. The maximum Gasteiger partial charge on any atom is 0.416 e. The quantitative estimate of drug-likeness (QED) is 0.213. The molecule has 4 rings (SSSR count). The van der Waals surface area contributed by atoms with Crippen LogP contribution in [0.1, 0.15) is 61.5 Å². The van der Waals surface area contributed by atoms with Crippen molar-refractivity contribution in [1.82, 2.24) is 9.80 Å². The van der Waals surface area contributed by atoms with Crippen LogP contribution < -0.4 is 15.4 Å². The molecule has 51 heavy (non-hydrogen) atoms. The van der Waals surface area contributed by atoms with E-state index in [1.165, 1.54) is 6.07 Å². The van der Waals surface area contributed by atoms with Crippen molar-refractivity contribution < 1.29 is 37.3 Å². The van der Waals surface area contributed by atoms with Crippen molar-refractivity contribution in [2.45, 2.75) is 71.0 Å². The molecule has 3 amide bonds. The van der Waals surface area contributed by atoms with Crippen molar-refractivity contribution in [1.29, 1.82) is 0 Å². The van der Waals surface area contributed by atoms with Gasteiger partial charge in [-0.05, 0) is 100 Å². The summed E-state index contributed by atoms with van der Waals surface area (Å²) in [5, 5.41) is 16.4. The van der Waals surface area contributed by atoms with Crippen LogP contribution in [0, 0.1) is 5.92 Å². The SMILES string of the molecule is C[C@@H]1CCCCO[C@@H](CN(C)Cc2ccc(Cl)c(Cl)c2)[C@H](C)CN([C@@H](C)CO)C(=O)c2cc(NC(=O)Nc3ccc(C(F)(F)F)cc3)ccc2O1. The first-order chi connectivity index (χ1) is 24.1. The van der Waals surface area contributed by atoms with E-state index in [9.17, 15) is 27.9 Å². The number of hydrogen-bond donors (Lipinski definition) is 3. The highest BCUT2D eigenvalue weighted by Crippen LogP contribution is 2.31. The van der Waals surface area contributed by atoms with E-state index < -0.39 is 29.7 Å². The number of carbonyl (C=O) groups is 2. The Kier molecular flexibility index (Phi) is 14.4. The fourth-order valence-corrected chi connectivity index (χ4v) is 6.14. The monoisotopic (exact) mass is 752 g/mol. The summed E-state index contributed by atoms with van der Waals surface area (Å²) in [4.78, 5) is 30.9. The largest absolute Gasteiger partial charge is 0.490 e. The minimum atomic E-state index is -4.50. The van der Waals surface area contributed by atoms with E-state index in [0.717, 1.165) is 42.7 Å². The van der Waals surface area contributed by atoms with Crippen LogP contribution in [0.3, 0.4) is 0 Å². The standard InChI is InChI=1S/C37H45Cl2F3N4O5/c1-23-19-46(24(2)22-47)35(48)30-18-29(44-36(49)43-28-11-9-27(10-12-28)37(40,41)42)13-15-33(30)51-25(3)7-5-6-16-50-34(23)21-45(4)20-26-8-14-31(38)32(39)17-26/h8-15,17-18,23-25,34,47H,5-7,16,19-22H2,1-4H3,(H2,43,44,49)/t23-,24+,25-,34+/m1/s1. The predicted molar refractivity (Wildman–Crippen MR) is 194 cm³/mol. The Morgan fingerprint density at radius 3 is 2.37 bits per heavy atom. The molecule has 1 aliphatic rings. The summed E-state index contributed by atoms with van der Waals surface area (Å²) in [6.45, 7) is 7.35. The van der Waals surface area contributed by atoms with Crippen LogP contribution >= 0.6 is 23.2 Å². The van der Waals surface area contributed by atoms with E-state index in [1.54, 1.807) is 30.0 Å². The first kappa shape index (κ1) is 40.2. The molecule has 9 nitrogen and oxygen atoms in total. The third-order valence-corrected chi connectivity index (χ3v) is 9.45. The average molecular weight is 754 g/mol. The van der Waals surface area contributed by atoms with Gasteiger partial charge in [-0.1, -0.05) is 36.2 Å². The Labute approximate surface area is 307 Å². The van der Waals surface area contributed by atoms with Crippen molar-refractivity contribution in [3.63, 3.8) is 0 Å². The highest BCUT2D eigenvalue weighted by molar-refractivity contribution is 6.42. The second-order valence-corrected chi connectivity index (χ2v) is 13.9. The van der Waals surface area contributed by atoms with Crippen LogP contribution in [0.25, 0.3) is 0 Å². The van der Waals surface area contributed by atoms with Crippen molar-refractivity contribution in [2.24, 2.45) is 5.92 Å². The van der Waals surface area contributed by atoms with Crippen LogP contribution in [-0.2, 0) is 17.5 Å². The van der Waals surface area contributed by atoms with Crippen molar-refractivity contribution in [3.05, 3.63) is 87.4 Å². The number of hydrogen-bond acceptors (Lipinski definition) is 6. The number of amides is 3. The number of rotatable bonds is 8. The van der Waals surface area contributed by atoms with E-state index in [0.29, 0.717) is 41.9 Å². The molecular weight excluding hydrogens is 708 g/mol. The summed E-state index contributed by atoms with van der Waals surface area (Å²) in [6, 6.07) is 13.0. The number of aliphatic hydroxyl groups excluding tert-OH is 1. The molecule has 3 aromatic carbocycles. The normalized spacial score (nSPS) is 19.9. The number of fused-ring (bicyclic) bond motifs is 1. The van der Waals surface area contributed by atoms with Gasteiger partial charge in [-0.25, -0.2) is 4.79 Å². The lowest BCUT2D eigenvalue weighted by Gasteiger charge is -2.36. The minimum absolute atomic E-state index is 0.152. The van der Waals surface area contributed by atoms with Gasteiger partial charge in [0.05, 0.1) is 46.0 Å². The summed E-state index contributed by atoms with van der Waals surface area (Å²) in [5.74, 6) is -0.228. The van der Waals surface area contributed by atoms with Gasteiger partial charge in [0.2, 0.25) is 0 Å². The van der Waals surface area contributed by atoms with Gasteiger partial charge < -0.3 is 30.1 Å². The molecule has 1 heterocycles. The summed E-state index contributed by atoms with van der Waals surface area (Å²) in [6.07, 6.45) is -2.64. The first-order valence-electron chi connectivity index (χ1n) is 16.9. The number of urea groups is 1. The highest BCUT2D eigenvalue weighted by Gasteiger charge is 2.31. The number of anilines is 2. The first-order valence-corrected chi connectivity index (χ1v) is 17.6. The van der Waals surface area contributed by atoms with Gasteiger partial charge in [0.1, 0.15) is 5.75 Å². The lowest BCUT2D eigenvalue weighted by atomic mass is 10.0. The molecule has 0 aliphatic carbocycles. The van der Waals surface area contributed by atoms with Crippen LogP contribution in [0.15, 0.2) is 60.7 Å². The van der Waals surface area contributed by atoms with E-state index in [1.807, 2.05) is 33.0 Å². The smallest absolute Gasteiger partial charge is 0.416 e. The number of benzene rings is 3. The summed E-state index contributed by atoms with van der Waals surface area (Å²) < 4.78 is 51.6. The van der Waals surface area contributed by atoms with Crippen LogP contribution in [0.4, 0.5) is 29.3 Å². The Bertz CT molecular complexity index is 1630. The molecule has 3 aromatic rings. The molecule has 0 fully saturated rings. The van der Waals surface area contributed by atoms with Gasteiger partial charge >= 0.3 is 12.2 Å². The van der Waals surface area contributed by atoms with Crippen LogP contribution in [0.2, 0.25) is 10.0 Å². The number of ether oxygens (including phenoxy) is 2. The zero-order valence-electron chi connectivity index (χ0n) is 29.1. The number of likely N-dealkylation sites (N-methyl/N-ethyl adjacent to an activating group) is 1. The van der Waals surface area contributed by atoms with Gasteiger partial charge in [-0.15, -0.1) is 0 Å². The fraction of sp³-hybridized carbons (Fsp3) is 0.459. The third kappa shape index (κ3) is 11.7. The number of nitrogens with zero attached hydrogens (tertiary/aromatic N) is 2. The Morgan fingerprint density at radius 2 is 1.71 bits per heavy atom. The summed E-state index contributed by atoms with van der Waals surface area (Å²) >= 11 is 12.4. The molecule has 3 N–H and O–H groups in total. The summed E-state index contributed by atoms with van der Waals surface area (Å²) in [7, 11) is 1.99. The molecular formula is C37H45Cl2F3N4O5. The molecule has 0 aromatic heterocycles. The molecule has 1 aliphatic heterocycles. The number of halogens is 5. The Balaban J connectivity index is 1.57. The number of nitrogens with one attached hydrogen (secondary N) is 2. The molecule has 0 radical (unpaired) electrons. The highest BCUT2D eigenvalue weighted by atomic mass is 35.5. The van der Waals surface area contributed by atoms with E-state index in [-0.39, 0.29) is 48.2 Å². The van der Waals surface area contributed by atoms with Crippen molar-refractivity contribution in [3.8, 4) is 5.75 Å². The van der Waals surface area contributed by atoms with E-state index >= 15 is 0 Å². The van der Waals surface area contributed by atoms with Crippen LogP contribution in [0.5, 0.6) is 5.75 Å². The fourth-order valence-electron chi connectivity index (χ4n) is 5.82. The van der Waals surface area contributed by atoms with Crippen molar-refractivity contribution in [2.75, 3.05) is 44.0 Å². The maximum atomic E-state index is 14.4. The topological polar surface area (TPSA) is 103 Å². The maximum absolute atomic E-state index is 14.4. The number of carbonyl (C=O) groups excluding carboxylic acids is 2. The predicted octanol–water partition coefficient (Wildman–Crippen LogP) is 8.58. The lowest BCUT2D eigenvalue weighted by Crippen LogP contribution is -2.47. The number of alkyl halides is 3. The molecule has 278 valence electrons. The second-order valence-electron chi connectivity index (χ2n) is 13.1. The molecule has 0 unspecified atom stereocenters. The molecule has 14 heteroatoms. The molecule has 0 saturated carbocycles. The number of aliphatic hydroxyl groups is 1. The average Bonchev–Trinajstić information content (AvgIpc) is 3.07. The second kappa shape index (κ2) is 18.3. The molecule has 0 saturated heterocycles. The molecule has 0 spiro atoms. The van der Waals surface area contributed by atoms with E-state index in [4.69, 9.17) is 32.7 Å². The minimum Gasteiger partial charge on any atom is -0.490 e. The van der Waals surface area contributed by atoms with Crippen molar-refractivity contribution >= 4 is 46.5 Å². The lowest BCUT2D eigenvalue weighted by molar-refractivity contribution is -0.137. The molecule has 4 atom stereocenters.